The lowest BCUT2D eigenvalue weighted by Crippen LogP contribution is -2.21. The molecule has 0 amide bonds. The molecular formula is C18H21N. The lowest BCUT2D eigenvalue weighted by molar-refractivity contribution is 0.619. The Balaban J connectivity index is 1.96. The second-order valence-corrected chi connectivity index (χ2v) is 4.93. The molecule has 0 bridgehead atoms. The van der Waals surface area contributed by atoms with Crippen LogP contribution in [0.25, 0.3) is 5.57 Å². The molecule has 2 aromatic carbocycles. The summed E-state index contributed by atoms with van der Waals surface area (Å²) in [5, 5.41) is 3.54. The minimum absolute atomic E-state index is 0.335. The second kappa shape index (κ2) is 6.35. The van der Waals surface area contributed by atoms with Crippen LogP contribution >= 0.6 is 0 Å². The molecule has 0 saturated carbocycles. The summed E-state index contributed by atoms with van der Waals surface area (Å²) in [4.78, 5) is 0. The average molecular weight is 251 g/mol. The average Bonchev–Trinajstić information content (AvgIpc) is 2.46. The Kier molecular flexibility index (Phi) is 4.53. The molecule has 0 fully saturated rings. The Hall–Kier alpha value is -1.86. The van der Waals surface area contributed by atoms with Crippen molar-refractivity contribution in [3.05, 3.63) is 77.9 Å². The molecule has 1 N–H and O–H groups in total. The Bertz CT molecular complexity index is 543. The molecule has 19 heavy (non-hydrogen) atoms. The van der Waals surface area contributed by atoms with E-state index >= 15 is 0 Å². The van der Waals surface area contributed by atoms with Crippen LogP contribution in [0.4, 0.5) is 0 Å². The van der Waals surface area contributed by atoms with E-state index in [2.05, 4.69) is 62.1 Å². The van der Waals surface area contributed by atoms with E-state index in [1.54, 1.807) is 0 Å². The van der Waals surface area contributed by atoms with Gasteiger partial charge in [0.25, 0.3) is 0 Å². The lowest BCUT2D eigenvalue weighted by Gasteiger charge is -2.17. The van der Waals surface area contributed by atoms with E-state index in [4.69, 9.17) is 0 Å². The van der Waals surface area contributed by atoms with Crippen LogP contribution in [-0.4, -0.2) is 6.54 Å². The van der Waals surface area contributed by atoms with Crippen LogP contribution < -0.4 is 5.32 Å². The number of aryl methyl sites for hydroxylation is 1. The molecule has 1 nitrogen and oxygen atoms in total. The third-order valence-corrected chi connectivity index (χ3v) is 3.46. The number of hydrogen-bond acceptors (Lipinski definition) is 1. The van der Waals surface area contributed by atoms with Crippen molar-refractivity contribution >= 4 is 5.57 Å². The van der Waals surface area contributed by atoms with E-state index in [0.717, 1.165) is 12.1 Å². The normalized spacial score (nSPS) is 12.1. The Labute approximate surface area is 116 Å². The first kappa shape index (κ1) is 13.6. The van der Waals surface area contributed by atoms with Crippen molar-refractivity contribution in [1.82, 2.24) is 5.32 Å². The predicted molar refractivity (Wildman–Crippen MR) is 83.1 cm³/mol. The number of rotatable bonds is 5. The molecule has 1 heteroatoms. The zero-order valence-electron chi connectivity index (χ0n) is 11.7. The highest BCUT2D eigenvalue weighted by molar-refractivity contribution is 5.64. The van der Waals surface area contributed by atoms with Crippen molar-refractivity contribution in [2.75, 3.05) is 6.54 Å². The number of benzene rings is 2. The highest BCUT2D eigenvalue weighted by Crippen LogP contribution is 2.18. The maximum Gasteiger partial charge on any atom is 0.0297 e. The van der Waals surface area contributed by atoms with Gasteiger partial charge in [-0.25, -0.2) is 0 Å². The molecule has 0 aliphatic rings. The van der Waals surface area contributed by atoms with E-state index in [9.17, 15) is 0 Å². The van der Waals surface area contributed by atoms with Gasteiger partial charge >= 0.3 is 0 Å². The van der Waals surface area contributed by atoms with Gasteiger partial charge in [0.1, 0.15) is 0 Å². The molecule has 2 aromatic rings. The highest BCUT2D eigenvalue weighted by Gasteiger charge is 2.07. The molecular weight excluding hydrogens is 230 g/mol. The standard InChI is InChI=1S/C18H21N/c1-14-9-7-8-12-18(14)16(3)19-13-15(2)17-10-5-4-6-11-17/h4-12,16,19H,2,13H2,1,3H3. The predicted octanol–water partition coefficient (Wildman–Crippen LogP) is 4.36. The fourth-order valence-electron chi connectivity index (χ4n) is 2.23. The van der Waals surface area contributed by atoms with Gasteiger partial charge in [-0.3, -0.25) is 0 Å². The van der Waals surface area contributed by atoms with Crippen molar-refractivity contribution in [1.29, 1.82) is 0 Å². The van der Waals surface area contributed by atoms with Crippen LogP contribution in [0.3, 0.4) is 0 Å². The van der Waals surface area contributed by atoms with Gasteiger partial charge in [-0.2, -0.15) is 0 Å². The largest absolute Gasteiger partial charge is 0.306 e. The first-order chi connectivity index (χ1) is 9.18. The Morgan fingerprint density at radius 2 is 1.68 bits per heavy atom. The highest BCUT2D eigenvalue weighted by atomic mass is 14.9. The van der Waals surface area contributed by atoms with Crippen molar-refractivity contribution in [3.63, 3.8) is 0 Å². The van der Waals surface area contributed by atoms with Crippen molar-refractivity contribution in [2.24, 2.45) is 0 Å². The molecule has 0 heterocycles. The summed E-state index contributed by atoms with van der Waals surface area (Å²) in [6.07, 6.45) is 0. The monoisotopic (exact) mass is 251 g/mol. The van der Waals surface area contributed by atoms with E-state index in [0.29, 0.717) is 6.04 Å². The number of hydrogen-bond donors (Lipinski definition) is 1. The topological polar surface area (TPSA) is 12.0 Å². The molecule has 0 saturated heterocycles. The summed E-state index contributed by atoms with van der Waals surface area (Å²) in [5.41, 5.74) is 5.00. The fourth-order valence-corrected chi connectivity index (χ4v) is 2.23. The molecule has 0 aliphatic carbocycles. The van der Waals surface area contributed by atoms with Crippen LogP contribution in [0.5, 0.6) is 0 Å². The summed E-state index contributed by atoms with van der Waals surface area (Å²) < 4.78 is 0. The van der Waals surface area contributed by atoms with Gasteiger partial charge < -0.3 is 5.32 Å². The summed E-state index contributed by atoms with van der Waals surface area (Å²) in [6.45, 7) is 9.30. The van der Waals surface area contributed by atoms with Gasteiger partial charge in [0.2, 0.25) is 0 Å². The van der Waals surface area contributed by atoms with Crippen molar-refractivity contribution < 1.29 is 0 Å². The van der Waals surface area contributed by atoms with Gasteiger partial charge in [-0.1, -0.05) is 61.2 Å². The van der Waals surface area contributed by atoms with Crippen LogP contribution in [0.15, 0.2) is 61.2 Å². The molecule has 2 rings (SSSR count). The van der Waals surface area contributed by atoms with Crippen LogP contribution in [-0.2, 0) is 0 Å². The Morgan fingerprint density at radius 1 is 1.05 bits per heavy atom. The van der Waals surface area contributed by atoms with Gasteiger partial charge in [-0.15, -0.1) is 0 Å². The third-order valence-electron chi connectivity index (χ3n) is 3.46. The van der Waals surface area contributed by atoms with Crippen molar-refractivity contribution in [3.8, 4) is 0 Å². The van der Waals surface area contributed by atoms with E-state index < -0.39 is 0 Å². The zero-order valence-corrected chi connectivity index (χ0v) is 11.7. The maximum absolute atomic E-state index is 4.15. The molecule has 0 aromatic heterocycles. The molecule has 98 valence electrons. The van der Waals surface area contributed by atoms with E-state index in [1.165, 1.54) is 16.7 Å². The second-order valence-electron chi connectivity index (χ2n) is 4.93. The van der Waals surface area contributed by atoms with E-state index in [1.807, 2.05) is 18.2 Å². The molecule has 0 spiro atoms. The first-order valence-electron chi connectivity index (χ1n) is 6.70. The molecule has 1 atom stereocenters. The van der Waals surface area contributed by atoms with Crippen LogP contribution in [0.1, 0.15) is 29.7 Å². The number of nitrogens with one attached hydrogen (secondary N) is 1. The maximum atomic E-state index is 4.15. The van der Waals surface area contributed by atoms with Gasteiger partial charge in [-0.05, 0) is 36.1 Å². The quantitative estimate of drug-likeness (QED) is 0.832. The minimum Gasteiger partial charge on any atom is -0.306 e. The summed E-state index contributed by atoms with van der Waals surface area (Å²) in [6, 6.07) is 19.2. The van der Waals surface area contributed by atoms with Gasteiger partial charge in [0.05, 0.1) is 0 Å². The summed E-state index contributed by atoms with van der Waals surface area (Å²) in [5.74, 6) is 0. The summed E-state index contributed by atoms with van der Waals surface area (Å²) >= 11 is 0. The smallest absolute Gasteiger partial charge is 0.0297 e. The molecule has 1 unspecified atom stereocenters. The van der Waals surface area contributed by atoms with Gasteiger partial charge in [0.15, 0.2) is 0 Å². The lowest BCUT2D eigenvalue weighted by atomic mass is 10.0. The van der Waals surface area contributed by atoms with Crippen LogP contribution in [0.2, 0.25) is 0 Å². The van der Waals surface area contributed by atoms with Crippen molar-refractivity contribution in [2.45, 2.75) is 19.9 Å². The molecule has 0 radical (unpaired) electrons. The van der Waals surface area contributed by atoms with E-state index in [-0.39, 0.29) is 0 Å². The Morgan fingerprint density at radius 3 is 2.37 bits per heavy atom. The zero-order chi connectivity index (χ0) is 13.7. The fraction of sp³-hybridized carbons (Fsp3) is 0.222. The molecule has 0 aliphatic heterocycles. The van der Waals surface area contributed by atoms with Crippen LogP contribution in [0, 0.1) is 6.92 Å². The SMILES string of the molecule is C=C(CNC(C)c1ccccc1C)c1ccccc1. The summed E-state index contributed by atoms with van der Waals surface area (Å²) in [7, 11) is 0. The first-order valence-corrected chi connectivity index (χ1v) is 6.70. The third kappa shape index (κ3) is 3.55. The van der Waals surface area contributed by atoms with Gasteiger partial charge in [0, 0.05) is 12.6 Å². The minimum atomic E-state index is 0.335.